The molecule has 16 heavy (non-hydrogen) atoms. The third kappa shape index (κ3) is 1.35. The van der Waals surface area contributed by atoms with E-state index in [1.54, 1.807) is 36.7 Å². The van der Waals surface area contributed by atoms with E-state index in [2.05, 4.69) is 4.98 Å². The van der Waals surface area contributed by atoms with Crippen LogP contribution < -0.4 is 0 Å². The fourth-order valence-electron chi connectivity index (χ4n) is 1.60. The van der Waals surface area contributed by atoms with Gasteiger partial charge >= 0.3 is 0 Å². The van der Waals surface area contributed by atoms with Crippen molar-refractivity contribution in [2.24, 2.45) is 0 Å². The molecule has 0 fully saturated rings. The van der Waals surface area contributed by atoms with Gasteiger partial charge in [-0.05, 0) is 29.8 Å². The topological polar surface area (TPSA) is 50.7 Å². The van der Waals surface area contributed by atoms with E-state index in [4.69, 9.17) is 16.0 Å². The summed E-state index contributed by atoms with van der Waals surface area (Å²) in [7, 11) is 0. The molecule has 0 radical (unpaired) electrons. The Morgan fingerprint density at radius 3 is 2.94 bits per heavy atom. The maximum atomic E-state index is 9.33. The van der Waals surface area contributed by atoms with E-state index in [1.165, 1.54) is 0 Å². The Labute approximate surface area is 95.7 Å². The first-order valence-corrected chi connectivity index (χ1v) is 5.03. The Bertz CT molecular complexity index is 657. The summed E-state index contributed by atoms with van der Waals surface area (Å²) >= 11 is 5.71. The average molecular weight is 235 g/mol. The number of imidazole rings is 1. The number of hydrogen-bond donors (Lipinski definition) is 1. The lowest BCUT2D eigenvalue weighted by atomic mass is 10.4. The number of furan rings is 1. The Morgan fingerprint density at radius 1 is 1.31 bits per heavy atom. The number of rotatable bonds is 1. The van der Waals surface area contributed by atoms with Gasteiger partial charge in [0.1, 0.15) is 5.75 Å². The molecule has 3 aromatic rings. The number of halogens is 1. The van der Waals surface area contributed by atoms with Gasteiger partial charge < -0.3 is 9.52 Å². The second-order valence-electron chi connectivity index (χ2n) is 3.37. The molecule has 0 aliphatic rings. The minimum atomic E-state index is 0.205. The van der Waals surface area contributed by atoms with Gasteiger partial charge in [-0.25, -0.2) is 4.98 Å². The summed E-state index contributed by atoms with van der Waals surface area (Å²) < 4.78 is 7.10. The van der Waals surface area contributed by atoms with E-state index >= 15 is 0 Å². The van der Waals surface area contributed by atoms with Crippen LogP contribution in [0.25, 0.3) is 17.1 Å². The fraction of sp³-hybridized carbons (Fsp3) is 0. The predicted octanol–water partition coefficient (Wildman–Crippen LogP) is 2.95. The molecule has 3 rings (SSSR count). The summed E-state index contributed by atoms with van der Waals surface area (Å²) in [6.45, 7) is 0. The Hall–Kier alpha value is -1.94. The third-order valence-electron chi connectivity index (χ3n) is 2.31. The second kappa shape index (κ2) is 3.28. The molecule has 0 aromatic carbocycles. The fourth-order valence-corrected chi connectivity index (χ4v) is 1.75. The predicted molar refractivity (Wildman–Crippen MR) is 59.6 cm³/mol. The van der Waals surface area contributed by atoms with Crippen LogP contribution in [0, 0.1) is 0 Å². The molecule has 0 atom stereocenters. The van der Waals surface area contributed by atoms with E-state index in [9.17, 15) is 5.11 Å². The molecular weight excluding hydrogens is 228 g/mol. The average Bonchev–Trinajstić information content (AvgIpc) is 2.83. The van der Waals surface area contributed by atoms with Crippen molar-refractivity contribution in [2.45, 2.75) is 0 Å². The van der Waals surface area contributed by atoms with Crippen LogP contribution in [0.5, 0.6) is 5.75 Å². The number of pyridine rings is 1. The molecule has 0 aliphatic carbocycles. The number of nitrogens with zero attached hydrogens (tertiary/aromatic N) is 2. The minimum absolute atomic E-state index is 0.205. The number of hydrogen-bond acceptors (Lipinski definition) is 3. The van der Waals surface area contributed by atoms with Gasteiger partial charge in [0.2, 0.25) is 0 Å². The molecule has 0 bridgehead atoms. The monoisotopic (exact) mass is 234 g/mol. The number of aromatic hydroxyl groups is 1. The van der Waals surface area contributed by atoms with Crippen molar-refractivity contribution >= 4 is 17.1 Å². The van der Waals surface area contributed by atoms with Crippen molar-refractivity contribution in [3.63, 3.8) is 0 Å². The standard InChI is InChI=1S/C11H7ClN2O2/c12-10-2-1-9(16-10)11-13-6-7-5-8(15)3-4-14(7)11/h1-6,15H. The molecule has 0 aliphatic heterocycles. The Kier molecular flexibility index (Phi) is 1.91. The summed E-state index contributed by atoms with van der Waals surface area (Å²) in [5, 5.41) is 9.65. The highest BCUT2D eigenvalue weighted by atomic mass is 35.5. The van der Waals surface area contributed by atoms with Gasteiger partial charge in [-0.2, -0.15) is 0 Å². The van der Waals surface area contributed by atoms with Crippen LogP contribution in [-0.4, -0.2) is 14.5 Å². The van der Waals surface area contributed by atoms with E-state index in [0.717, 1.165) is 5.52 Å². The first-order chi connectivity index (χ1) is 7.74. The highest BCUT2D eigenvalue weighted by Crippen LogP contribution is 2.25. The maximum absolute atomic E-state index is 9.33. The molecule has 3 heterocycles. The Morgan fingerprint density at radius 2 is 2.19 bits per heavy atom. The van der Waals surface area contributed by atoms with E-state index < -0.39 is 0 Å². The van der Waals surface area contributed by atoms with E-state index in [1.807, 2.05) is 4.40 Å². The van der Waals surface area contributed by atoms with Crippen LogP contribution in [0.1, 0.15) is 0 Å². The molecule has 3 aromatic heterocycles. The number of aromatic nitrogens is 2. The smallest absolute Gasteiger partial charge is 0.194 e. The molecule has 0 saturated carbocycles. The van der Waals surface area contributed by atoms with Crippen molar-refractivity contribution in [3.8, 4) is 17.3 Å². The van der Waals surface area contributed by atoms with Crippen LogP contribution in [0.3, 0.4) is 0 Å². The largest absolute Gasteiger partial charge is 0.508 e. The van der Waals surface area contributed by atoms with Crippen LogP contribution in [0.2, 0.25) is 5.22 Å². The van der Waals surface area contributed by atoms with Crippen molar-refractivity contribution in [2.75, 3.05) is 0 Å². The quantitative estimate of drug-likeness (QED) is 0.704. The zero-order valence-corrected chi connectivity index (χ0v) is 8.85. The number of fused-ring (bicyclic) bond motifs is 1. The van der Waals surface area contributed by atoms with Gasteiger partial charge in [-0.1, -0.05) is 0 Å². The van der Waals surface area contributed by atoms with Gasteiger partial charge in [0.05, 0.1) is 11.7 Å². The SMILES string of the molecule is Oc1ccn2c(-c3ccc(Cl)o3)ncc2c1. The summed E-state index contributed by atoms with van der Waals surface area (Å²) in [5.41, 5.74) is 0.794. The molecule has 0 saturated heterocycles. The summed E-state index contributed by atoms with van der Waals surface area (Å²) in [6.07, 6.45) is 3.38. The van der Waals surface area contributed by atoms with Crippen molar-refractivity contribution in [3.05, 3.63) is 41.9 Å². The first kappa shape index (κ1) is 9.30. The van der Waals surface area contributed by atoms with Crippen molar-refractivity contribution in [1.82, 2.24) is 9.38 Å². The lowest BCUT2D eigenvalue weighted by Crippen LogP contribution is -1.86. The highest BCUT2D eigenvalue weighted by Gasteiger charge is 2.10. The van der Waals surface area contributed by atoms with Gasteiger partial charge in [0, 0.05) is 12.3 Å². The summed E-state index contributed by atoms with van der Waals surface area (Å²) in [4.78, 5) is 4.22. The molecule has 5 heteroatoms. The van der Waals surface area contributed by atoms with E-state index in [-0.39, 0.29) is 5.75 Å². The normalized spacial score (nSPS) is 11.1. The van der Waals surface area contributed by atoms with Crippen LogP contribution in [0.4, 0.5) is 0 Å². The zero-order valence-electron chi connectivity index (χ0n) is 8.09. The zero-order chi connectivity index (χ0) is 11.1. The van der Waals surface area contributed by atoms with Gasteiger partial charge in [0.25, 0.3) is 0 Å². The summed E-state index contributed by atoms with van der Waals surface area (Å²) in [6, 6.07) is 6.63. The maximum Gasteiger partial charge on any atom is 0.194 e. The van der Waals surface area contributed by atoms with Gasteiger partial charge in [0.15, 0.2) is 16.8 Å². The molecular formula is C11H7ClN2O2. The third-order valence-corrected chi connectivity index (χ3v) is 2.51. The highest BCUT2D eigenvalue weighted by molar-refractivity contribution is 6.28. The lowest BCUT2D eigenvalue weighted by molar-refractivity contribution is 0.475. The van der Waals surface area contributed by atoms with Crippen molar-refractivity contribution < 1.29 is 9.52 Å². The molecule has 80 valence electrons. The van der Waals surface area contributed by atoms with Gasteiger partial charge in [-0.3, -0.25) is 4.40 Å². The first-order valence-electron chi connectivity index (χ1n) is 4.66. The summed E-state index contributed by atoms with van der Waals surface area (Å²) in [5.74, 6) is 1.45. The second-order valence-corrected chi connectivity index (χ2v) is 3.74. The van der Waals surface area contributed by atoms with Crippen LogP contribution in [-0.2, 0) is 0 Å². The van der Waals surface area contributed by atoms with Crippen LogP contribution >= 0.6 is 11.6 Å². The van der Waals surface area contributed by atoms with Crippen molar-refractivity contribution in [1.29, 1.82) is 0 Å². The molecule has 0 amide bonds. The van der Waals surface area contributed by atoms with Crippen LogP contribution in [0.15, 0.2) is 41.1 Å². The molecule has 1 N–H and O–H groups in total. The lowest BCUT2D eigenvalue weighted by Gasteiger charge is -1.98. The minimum Gasteiger partial charge on any atom is -0.508 e. The molecule has 0 spiro atoms. The van der Waals surface area contributed by atoms with E-state index in [0.29, 0.717) is 16.8 Å². The molecule has 0 unspecified atom stereocenters. The van der Waals surface area contributed by atoms with Gasteiger partial charge in [-0.15, -0.1) is 0 Å². The molecule has 4 nitrogen and oxygen atoms in total. The Balaban J connectivity index is 2.25.